The number of hydrazine groups is 1. The molecule has 0 aromatic heterocycles. The molecule has 5 heteroatoms. The minimum Gasteiger partial charge on any atom is -0.506 e. The van der Waals surface area contributed by atoms with E-state index in [1.807, 2.05) is 0 Å². The topological polar surface area (TPSA) is 35.5 Å². The molecule has 0 atom stereocenters. The first-order valence-electron chi connectivity index (χ1n) is 5.82. The fourth-order valence-corrected chi connectivity index (χ4v) is 2.54. The van der Waals surface area contributed by atoms with Gasteiger partial charge in [-0.2, -0.15) is 0 Å². The standard InChI is InChI=1S/C12H16Cl2N2O/c13-10-6-9(12(17)11(14)7-10)8-15-16-4-2-1-3-5-16/h6-7,15,17H,1-5,8H2. The van der Waals surface area contributed by atoms with Crippen molar-refractivity contribution in [1.29, 1.82) is 0 Å². The molecule has 0 aliphatic carbocycles. The van der Waals surface area contributed by atoms with Gasteiger partial charge in [-0.05, 0) is 25.0 Å². The van der Waals surface area contributed by atoms with Crippen LogP contribution >= 0.6 is 23.2 Å². The third-order valence-corrected chi connectivity index (χ3v) is 3.46. The molecule has 0 bridgehead atoms. The van der Waals surface area contributed by atoms with Crippen molar-refractivity contribution < 1.29 is 5.11 Å². The van der Waals surface area contributed by atoms with Crippen LogP contribution in [0.25, 0.3) is 0 Å². The predicted octanol–water partition coefficient (Wildman–Crippen LogP) is 3.19. The predicted molar refractivity (Wildman–Crippen MR) is 70.4 cm³/mol. The Balaban J connectivity index is 1.98. The van der Waals surface area contributed by atoms with Gasteiger partial charge in [0.25, 0.3) is 0 Å². The number of halogens is 2. The molecule has 1 heterocycles. The van der Waals surface area contributed by atoms with Gasteiger partial charge in [0.1, 0.15) is 5.75 Å². The van der Waals surface area contributed by atoms with E-state index >= 15 is 0 Å². The first-order valence-corrected chi connectivity index (χ1v) is 6.58. The number of hydrogen-bond acceptors (Lipinski definition) is 3. The Morgan fingerprint density at radius 3 is 2.59 bits per heavy atom. The van der Waals surface area contributed by atoms with Gasteiger partial charge >= 0.3 is 0 Å². The highest BCUT2D eigenvalue weighted by Gasteiger charge is 2.12. The monoisotopic (exact) mass is 274 g/mol. The van der Waals surface area contributed by atoms with E-state index in [1.54, 1.807) is 12.1 Å². The molecule has 1 fully saturated rings. The van der Waals surface area contributed by atoms with Gasteiger partial charge in [0.2, 0.25) is 0 Å². The van der Waals surface area contributed by atoms with E-state index in [2.05, 4.69) is 10.4 Å². The van der Waals surface area contributed by atoms with E-state index in [4.69, 9.17) is 23.2 Å². The molecule has 1 aliphatic heterocycles. The van der Waals surface area contributed by atoms with Crippen LogP contribution in [0.2, 0.25) is 10.0 Å². The van der Waals surface area contributed by atoms with Crippen LogP contribution in [0, 0.1) is 0 Å². The second-order valence-electron chi connectivity index (χ2n) is 4.28. The zero-order valence-corrected chi connectivity index (χ0v) is 11.1. The van der Waals surface area contributed by atoms with E-state index in [9.17, 15) is 5.11 Å². The lowest BCUT2D eigenvalue weighted by Gasteiger charge is -2.27. The lowest BCUT2D eigenvalue weighted by molar-refractivity contribution is 0.150. The Morgan fingerprint density at radius 1 is 1.18 bits per heavy atom. The third-order valence-electron chi connectivity index (χ3n) is 2.96. The van der Waals surface area contributed by atoms with Gasteiger partial charge in [-0.25, -0.2) is 5.01 Å². The second-order valence-corrected chi connectivity index (χ2v) is 5.12. The van der Waals surface area contributed by atoms with Gasteiger partial charge in [0.15, 0.2) is 0 Å². The van der Waals surface area contributed by atoms with Crippen LogP contribution in [-0.4, -0.2) is 23.2 Å². The molecule has 0 unspecified atom stereocenters. The fraction of sp³-hybridized carbons (Fsp3) is 0.500. The van der Waals surface area contributed by atoms with Gasteiger partial charge in [0, 0.05) is 30.2 Å². The van der Waals surface area contributed by atoms with Crippen molar-refractivity contribution >= 4 is 23.2 Å². The maximum Gasteiger partial charge on any atom is 0.138 e. The Labute approximate surface area is 111 Å². The molecule has 94 valence electrons. The average Bonchev–Trinajstić information content (AvgIpc) is 2.33. The Kier molecular flexibility index (Phi) is 4.51. The summed E-state index contributed by atoms with van der Waals surface area (Å²) in [5.41, 5.74) is 4.02. The highest BCUT2D eigenvalue weighted by atomic mass is 35.5. The SMILES string of the molecule is Oc1c(Cl)cc(Cl)cc1CNN1CCCCC1. The van der Waals surface area contributed by atoms with Crippen molar-refractivity contribution in [2.75, 3.05) is 13.1 Å². The highest BCUT2D eigenvalue weighted by Crippen LogP contribution is 2.31. The van der Waals surface area contributed by atoms with Crippen molar-refractivity contribution in [1.82, 2.24) is 10.4 Å². The fourth-order valence-electron chi connectivity index (χ4n) is 2.00. The minimum absolute atomic E-state index is 0.112. The number of nitrogens with one attached hydrogen (secondary N) is 1. The first-order chi connectivity index (χ1) is 8.16. The van der Waals surface area contributed by atoms with E-state index < -0.39 is 0 Å². The van der Waals surface area contributed by atoms with Crippen LogP contribution in [0.4, 0.5) is 0 Å². The Hall–Kier alpha value is -0.480. The van der Waals surface area contributed by atoms with E-state index in [1.165, 1.54) is 19.3 Å². The van der Waals surface area contributed by atoms with Crippen LogP contribution in [0.5, 0.6) is 5.75 Å². The van der Waals surface area contributed by atoms with Gasteiger partial charge < -0.3 is 5.11 Å². The number of nitrogens with zero attached hydrogens (tertiary/aromatic N) is 1. The number of rotatable bonds is 3. The number of piperidine rings is 1. The summed E-state index contributed by atoms with van der Waals surface area (Å²) in [5, 5.41) is 12.8. The maximum atomic E-state index is 9.80. The molecule has 17 heavy (non-hydrogen) atoms. The number of hydrogen-bond donors (Lipinski definition) is 2. The van der Waals surface area contributed by atoms with Gasteiger partial charge in [-0.15, -0.1) is 0 Å². The molecule has 1 aliphatic rings. The molecular formula is C12H16Cl2N2O. The highest BCUT2D eigenvalue weighted by molar-refractivity contribution is 6.35. The number of phenolic OH excluding ortho intramolecular Hbond substituents is 1. The smallest absolute Gasteiger partial charge is 0.138 e. The molecule has 1 aromatic rings. The number of aromatic hydroxyl groups is 1. The van der Waals surface area contributed by atoms with Gasteiger partial charge in [-0.1, -0.05) is 29.6 Å². The quantitative estimate of drug-likeness (QED) is 0.889. The summed E-state index contributed by atoms with van der Waals surface area (Å²) in [5.74, 6) is 0.112. The molecule has 1 aromatic carbocycles. The average molecular weight is 275 g/mol. The molecule has 0 saturated carbocycles. The molecule has 1 saturated heterocycles. The van der Waals surface area contributed by atoms with Crippen LogP contribution in [0.1, 0.15) is 24.8 Å². The van der Waals surface area contributed by atoms with Crippen molar-refractivity contribution in [2.45, 2.75) is 25.8 Å². The first kappa shape index (κ1) is 13.0. The summed E-state index contributed by atoms with van der Waals surface area (Å²) in [4.78, 5) is 0. The molecule has 0 radical (unpaired) electrons. The summed E-state index contributed by atoms with van der Waals surface area (Å²) in [7, 11) is 0. The Bertz CT molecular complexity index is 392. The molecule has 2 rings (SSSR count). The second kappa shape index (κ2) is 5.91. The van der Waals surface area contributed by atoms with Gasteiger partial charge in [-0.3, -0.25) is 5.43 Å². The molecule has 0 amide bonds. The number of phenols is 1. The maximum absolute atomic E-state index is 9.80. The zero-order chi connectivity index (χ0) is 12.3. The third kappa shape index (κ3) is 3.49. The van der Waals surface area contributed by atoms with E-state index in [0.29, 0.717) is 16.6 Å². The summed E-state index contributed by atoms with van der Waals surface area (Å²) < 4.78 is 0. The van der Waals surface area contributed by atoms with Crippen LogP contribution in [0.3, 0.4) is 0 Å². The van der Waals surface area contributed by atoms with Crippen molar-refractivity contribution in [3.63, 3.8) is 0 Å². The lowest BCUT2D eigenvalue weighted by Crippen LogP contribution is -2.41. The van der Waals surface area contributed by atoms with Crippen molar-refractivity contribution in [3.8, 4) is 5.75 Å². The van der Waals surface area contributed by atoms with Crippen molar-refractivity contribution in [3.05, 3.63) is 27.7 Å². The summed E-state index contributed by atoms with van der Waals surface area (Å²) in [6.45, 7) is 2.65. The van der Waals surface area contributed by atoms with Crippen LogP contribution < -0.4 is 5.43 Å². The molecule has 0 spiro atoms. The van der Waals surface area contributed by atoms with E-state index in [-0.39, 0.29) is 5.75 Å². The van der Waals surface area contributed by atoms with Crippen LogP contribution in [-0.2, 0) is 6.54 Å². The van der Waals surface area contributed by atoms with Crippen molar-refractivity contribution in [2.24, 2.45) is 0 Å². The molecule has 3 nitrogen and oxygen atoms in total. The van der Waals surface area contributed by atoms with Crippen LogP contribution in [0.15, 0.2) is 12.1 Å². The van der Waals surface area contributed by atoms with E-state index in [0.717, 1.165) is 18.7 Å². The molecular weight excluding hydrogens is 259 g/mol. The molecule has 2 N–H and O–H groups in total. The summed E-state index contributed by atoms with van der Waals surface area (Å²) in [6.07, 6.45) is 3.73. The summed E-state index contributed by atoms with van der Waals surface area (Å²) >= 11 is 11.8. The normalized spacial score (nSPS) is 17.3. The summed E-state index contributed by atoms with van der Waals surface area (Å²) in [6, 6.07) is 3.28. The number of benzene rings is 1. The van der Waals surface area contributed by atoms with Gasteiger partial charge in [0.05, 0.1) is 5.02 Å². The zero-order valence-electron chi connectivity index (χ0n) is 9.55. The lowest BCUT2D eigenvalue weighted by atomic mass is 10.1. The largest absolute Gasteiger partial charge is 0.506 e. The Morgan fingerprint density at radius 2 is 1.88 bits per heavy atom. The minimum atomic E-state index is 0.112.